The molecule has 0 bridgehead atoms. The summed E-state index contributed by atoms with van der Waals surface area (Å²) in [6, 6.07) is 6.02. The van der Waals surface area contributed by atoms with Crippen molar-refractivity contribution in [1.29, 1.82) is 0 Å². The van der Waals surface area contributed by atoms with E-state index in [0.29, 0.717) is 0 Å². The van der Waals surface area contributed by atoms with Gasteiger partial charge in [0, 0.05) is 22.7 Å². The molecule has 1 aliphatic rings. The first-order valence-corrected chi connectivity index (χ1v) is 4.58. The summed E-state index contributed by atoms with van der Waals surface area (Å²) in [6.45, 7) is 1.01. The van der Waals surface area contributed by atoms with Crippen molar-refractivity contribution in [2.75, 3.05) is 10.5 Å². The van der Waals surface area contributed by atoms with Gasteiger partial charge in [0.25, 0.3) is 0 Å². The molecule has 0 saturated carbocycles. The van der Waals surface area contributed by atoms with E-state index in [1.165, 1.54) is 5.56 Å². The van der Waals surface area contributed by atoms with Gasteiger partial charge in [-0.1, -0.05) is 23.7 Å². The third kappa shape index (κ3) is 1.14. The molecule has 3 heteroatoms. The maximum Gasteiger partial charge on any atom is 0.0689 e. The van der Waals surface area contributed by atoms with Crippen LogP contribution in [0, 0.1) is 0 Å². The number of benzene rings is 1. The highest BCUT2D eigenvalue weighted by Gasteiger charge is 2.18. The van der Waals surface area contributed by atoms with Gasteiger partial charge >= 0.3 is 0 Å². The molecule has 0 N–H and O–H groups in total. The van der Waals surface area contributed by atoms with Crippen LogP contribution in [0.1, 0.15) is 5.56 Å². The highest BCUT2D eigenvalue weighted by molar-refractivity contribution is 9.10. The third-order valence-corrected chi connectivity index (χ3v) is 2.90. The molecule has 2 rings (SSSR count). The number of hydrogen-bond donors (Lipinski definition) is 0. The number of hydrogen-bond acceptors (Lipinski definition) is 1. The summed E-state index contributed by atoms with van der Waals surface area (Å²) in [6.07, 6.45) is 1.08. The van der Waals surface area contributed by atoms with Crippen LogP contribution in [0.5, 0.6) is 0 Å². The zero-order chi connectivity index (χ0) is 7.84. The van der Waals surface area contributed by atoms with Crippen LogP contribution in [0.25, 0.3) is 0 Å². The lowest BCUT2D eigenvalue weighted by Gasteiger charge is -2.09. The van der Waals surface area contributed by atoms with E-state index in [9.17, 15) is 0 Å². The molecular formula is C8H7BrClN. The summed E-state index contributed by atoms with van der Waals surface area (Å²) < 4.78 is 2.02. The lowest BCUT2D eigenvalue weighted by Crippen LogP contribution is -2.03. The van der Waals surface area contributed by atoms with Gasteiger partial charge < -0.3 is 3.93 Å². The molecule has 1 aromatic rings. The van der Waals surface area contributed by atoms with Crippen molar-refractivity contribution in [3.8, 4) is 0 Å². The molecule has 1 aromatic carbocycles. The van der Waals surface area contributed by atoms with Gasteiger partial charge in [-0.25, -0.2) is 0 Å². The van der Waals surface area contributed by atoms with Crippen molar-refractivity contribution >= 4 is 33.4 Å². The van der Waals surface area contributed by atoms with E-state index in [0.717, 1.165) is 23.7 Å². The second-order valence-electron chi connectivity index (χ2n) is 2.58. The number of halogens is 2. The van der Waals surface area contributed by atoms with Crippen LogP contribution in [0.3, 0.4) is 0 Å². The van der Waals surface area contributed by atoms with E-state index in [-0.39, 0.29) is 0 Å². The van der Waals surface area contributed by atoms with Crippen LogP contribution in [0.15, 0.2) is 18.2 Å². The minimum absolute atomic E-state index is 0.830. The largest absolute Gasteiger partial charge is 0.307 e. The maximum atomic E-state index is 5.99. The van der Waals surface area contributed by atoms with Gasteiger partial charge in [0.2, 0.25) is 0 Å². The zero-order valence-electron chi connectivity index (χ0n) is 5.85. The molecule has 0 radical (unpaired) electrons. The number of rotatable bonds is 0. The van der Waals surface area contributed by atoms with E-state index in [1.807, 2.05) is 16.1 Å². The van der Waals surface area contributed by atoms with Crippen LogP contribution in [-0.2, 0) is 6.42 Å². The smallest absolute Gasteiger partial charge is 0.0689 e. The molecule has 11 heavy (non-hydrogen) atoms. The minimum atomic E-state index is 0.830. The van der Waals surface area contributed by atoms with Crippen molar-refractivity contribution in [1.82, 2.24) is 0 Å². The average Bonchev–Trinajstić information content (AvgIpc) is 2.34. The lowest BCUT2D eigenvalue weighted by molar-refractivity contribution is 1.06. The van der Waals surface area contributed by atoms with Crippen LogP contribution in [0.2, 0.25) is 5.02 Å². The van der Waals surface area contributed by atoms with Crippen LogP contribution >= 0.6 is 27.7 Å². The molecule has 0 atom stereocenters. The number of anilines is 1. The van der Waals surface area contributed by atoms with Gasteiger partial charge in [0.05, 0.1) is 10.7 Å². The Hall–Kier alpha value is -0.210. The van der Waals surface area contributed by atoms with Crippen molar-refractivity contribution in [3.63, 3.8) is 0 Å². The van der Waals surface area contributed by atoms with Crippen LogP contribution in [-0.4, -0.2) is 6.54 Å². The Morgan fingerprint density at radius 1 is 1.45 bits per heavy atom. The standard InChI is InChI=1S/C8H7BrClN/c9-11-5-4-6-2-1-3-7(10)8(6)11/h1-3H,4-5H2. The summed E-state index contributed by atoms with van der Waals surface area (Å²) in [5.41, 5.74) is 2.46. The predicted molar refractivity (Wildman–Crippen MR) is 51.4 cm³/mol. The summed E-state index contributed by atoms with van der Waals surface area (Å²) in [5, 5.41) is 0.830. The fraction of sp³-hybridized carbons (Fsp3) is 0.250. The molecule has 0 spiro atoms. The summed E-state index contributed by atoms with van der Waals surface area (Å²) in [5.74, 6) is 0. The molecule has 0 unspecified atom stereocenters. The minimum Gasteiger partial charge on any atom is -0.307 e. The number of fused-ring (bicyclic) bond motifs is 1. The lowest BCUT2D eigenvalue weighted by atomic mass is 10.2. The Bertz CT molecular complexity index is 287. The van der Waals surface area contributed by atoms with Gasteiger partial charge in [0.1, 0.15) is 0 Å². The molecule has 0 amide bonds. The Morgan fingerprint density at radius 2 is 2.27 bits per heavy atom. The Labute approximate surface area is 79.3 Å². The molecular weight excluding hydrogens is 225 g/mol. The predicted octanol–water partition coefficient (Wildman–Crippen LogP) is 3.01. The topological polar surface area (TPSA) is 3.24 Å². The monoisotopic (exact) mass is 231 g/mol. The Kier molecular flexibility index (Phi) is 1.81. The first-order valence-electron chi connectivity index (χ1n) is 3.50. The molecule has 1 heterocycles. The van der Waals surface area contributed by atoms with Crippen molar-refractivity contribution in [3.05, 3.63) is 28.8 Å². The molecule has 1 aliphatic heterocycles. The van der Waals surface area contributed by atoms with Gasteiger partial charge in [-0.15, -0.1) is 0 Å². The first-order chi connectivity index (χ1) is 5.29. The molecule has 1 nitrogen and oxygen atoms in total. The fourth-order valence-corrected chi connectivity index (χ4v) is 2.36. The maximum absolute atomic E-state index is 5.99. The van der Waals surface area contributed by atoms with E-state index in [2.05, 4.69) is 22.2 Å². The normalized spacial score (nSPS) is 15.3. The van der Waals surface area contributed by atoms with Crippen molar-refractivity contribution < 1.29 is 0 Å². The molecule has 58 valence electrons. The summed E-state index contributed by atoms with van der Waals surface area (Å²) in [7, 11) is 0. The SMILES string of the molecule is Clc1cccc2c1N(Br)CC2. The van der Waals surface area contributed by atoms with Crippen molar-refractivity contribution in [2.45, 2.75) is 6.42 Å². The zero-order valence-corrected chi connectivity index (χ0v) is 8.19. The van der Waals surface area contributed by atoms with Crippen LogP contribution < -0.4 is 3.93 Å². The van der Waals surface area contributed by atoms with E-state index >= 15 is 0 Å². The second-order valence-corrected chi connectivity index (χ2v) is 3.85. The highest BCUT2D eigenvalue weighted by Crippen LogP contribution is 2.36. The van der Waals surface area contributed by atoms with Gasteiger partial charge in [0.15, 0.2) is 0 Å². The van der Waals surface area contributed by atoms with Gasteiger partial charge in [-0.05, 0) is 18.1 Å². The number of para-hydroxylation sites is 1. The van der Waals surface area contributed by atoms with E-state index in [4.69, 9.17) is 11.6 Å². The number of nitrogens with zero attached hydrogens (tertiary/aromatic N) is 1. The van der Waals surface area contributed by atoms with E-state index < -0.39 is 0 Å². The third-order valence-electron chi connectivity index (χ3n) is 1.89. The molecule has 0 aromatic heterocycles. The summed E-state index contributed by atoms with van der Waals surface area (Å²) >= 11 is 9.43. The highest BCUT2D eigenvalue weighted by atomic mass is 79.9. The summed E-state index contributed by atoms with van der Waals surface area (Å²) in [4.78, 5) is 0. The van der Waals surface area contributed by atoms with Crippen LogP contribution in [0.4, 0.5) is 5.69 Å². The van der Waals surface area contributed by atoms with Gasteiger partial charge in [-0.2, -0.15) is 0 Å². The molecule has 0 saturated heterocycles. The van der Waals surface area contributed by atoms with Gasteiger partial charge in [-0.3, -0.25) is 0 Å². The quantitative estimate of drug-likeness (QED) is 0.622. The molecule has 0 fully saturated rings. The molecule has 0 aliphatic carbocycles. The fourth-order valence-electron chi connectivity index (χ4n) is 1.36. The van der Waals surface area contributed by atoms with E-state index in [1.54, 1.807) is 0 Å². The first kappa shape index (κ1) is 7.44. The average molecular weight is 233 g/mol. The Morgan fingerprint density at radius 3 is 3.00 bits per heavy atom. The van der Waals surface area contributed by atoms with Crippen molar-refractivity contribution in [2.24, 2.45) is 0 Å². The Balaban J connectivity index is 2.58. The second kappa shape index (κ2) is 2.68.